The summed E-state index contributed by atoms with van der Waals surface area (Å²) in [5, 5.41) is 13.5. The third kappa shape index (κ3) is 4.03. The fourth-order valence-electron chi connectivity index (χ4n) is 1.77. The molecule has 0 bridgehead atoms. The summed E-state index contributed by atoms with van der Waals surface area (Å²) in [5.74, 6) is -0.652. The van der Waals surface area contributed by atoms with Crippen LogP contribution in [-0.4, -0.2) is 22.5 Å². The zero-order chi connectivity index (χ0) is 16.3. The summed E-state index contributed by atoms with van der Waals surface area (Å²) in [6.07, 6.45) is 0.511. The van der Waals surface area contributed by atoms with Crippen LogP contribution < -0.4 is 5.32 Å². The molecule has 1 aromatic carbocycles. The summed E-state index contributed by atoms with van der Waals surface area (Å²) >= 11 is 6.91. The highest BCUT2D eigenvalue weighted by Gasteiger charge is 2.15. The number of benzene rings is 1. The van der Waals surface area contributed by atoms with Gasteiger partial charge in [0.1, 0.15) is 10.7 Å². The highest BCUT2D eigenvalue weighted by Crippen LogP contribution is 2.22. The van der Waals surface area contributed by atoms with Crippen molar-refractivity contribution >= 4 is 28.8 Å². The summed E-state index contributed by atoms with van der Waals surface area (Å²) in [7, 11) is 0. The molecule has 2 N–H and O–H groups in total. The maximum atomic E-state index is 13.3. The SMILES string of the molecule is CC(C)c1ncc(C(=O)NCC(O)c2ccc(Cl)c(F)c2)s1. The number of nitrogens with zero attached hydrogens (tertiary/aromatic N) is 1. The number of aliphatic hydroxyl groups is 1. The molecule has 2 rings (SSSR count). The van der Waals surface area contributed by atoms with Crippen LogP contribution in [0.4, 0.5) is 4.39 Å². The summed E-state index contributed by atoms with van der Waals surface area (Å²) in [6, 6.07) is 4.05. The van der Waals surface area contributed by atoms with E-state index >= 15 is 0 Å². The van der Waals surface area contributed by atoms with E-state index in [2.05, 4.69) is 10.3 Å². The largest absolute Gasteiger partial charge is 0.387 e. The quantitative estimate of drug-likeness (QED) is 0.873. The van der Waals surface area contributed by atoms with Crippen molar-refractivity contribution in [2.45, 2.75) is 25.9 Å². The molecule has 118 valence electrons. The predicted molar refractivity (Wildman–Crippen MR) is 84.9 cm³/mol. The molecular formula is C15H16ClFN2O2S. The third-order valence-electron chi connectivity index (χ3n) is 3.03. The van der Waals surface area contributed by atoms with Gasteiger partial charge >= 0.3 is 0 Å². The Hall–Kier alpha value is -1.50. The van der Waals surface area contributed by atoms with Crippen molar-refractivity contribution in [3.05, 3.63) is 50.7 Å². The van der Waals surface area contributed by atoms with Crippen LogP contribution in [0.2, 0.25) is 5.02 Å². The van der Waals surface area contributed by atoms with Gasteiger partial charge in [-0.05, 0) is 17.7 Å². The number of aliphatic hydroxyl groups excluding tert-OH is 1. The van der Waals surface area contributed by atoms with Crippen molar-refractivity contribution in [2.24, 2.45) is 0 Å². The zero-order valence-electron chi connectivity index (χ0n) is 12.1. The standard InChI is InChI=1S/C15H16ClFN2O2S/c1-8(2)15-19-7-13(22-15)14(21)18-6-12(20)9-3-4-10(16)11(17)5-9/h3-5,7-8,12,20H,6H2,1-2H3,(H,18,21). The highest BCUT2D eigenvalue weighted by molar-refractivity contribution is 7.13. The van der Waals surface area contributed by atoms with Gasteiger partial charge in [0.05, 0.1) is 22.3 Å². The maximum Gasteiger partial charge on any atom is 0.263 e. The fraction of sp³-hybridized carbons (Fsp3) is 0.333. The molecule has 1 aromatic heterocycles. The van der Waals surface area contributed by atoms with E-state index < -0.39 is 11.9 Å². The lowest BCUT2D eigenvalue weighted by atomic mass is 10.1. The van der Waals surface area contributed by atoms with Gasteiger partial charge in [-0.15, -0.1) is 11.3 Å². The van der Waals surface area contributed by atoms with Crippen LogP contribution in [-0.2, 0) is 0 Å². The van der Waals surface area contributed by atoms with Crippen LogP contribution >= 0.6 is 22.9 Å². The number of halogens is 2. The number of hydrogen-bond acceptors (Lipinski definition) is 4. The van der Waals surface area contributed by atoms with E-state index in [-0.39, 0.29) is 23.4 Å². The van der Waals surface area contributed by atoms with Crippen molar-refractivity contribution in [1.29, 1.82) is 0 Å². The molecule has 4 nitrogen and oxygen atoms in total. The van der Waals surface area contributed by atoms with E-state index in [0.29, 0.717) is 10.4 Å². The molecule has 1 heterocycles. The Morgan fingerprint density at radius 2 is 2.23 bits per heavy atom. The fourth-order valence-corrected chi connectivity index (χ4v) is 2.73. The minimum atomic E-state index is -1.01. The molecule has 0 spiro atoms. The monoisotopic (exact) mass is 342 g/mol. The van der Waals surface area contributed by atoms with Gasteiger partial charge in [-0.1, -0.05) is 31.5 Å². The smallest absolute Gasteiger partial charge is 0.263 e. The average molecular weight is 343 g/mol. The molecule has 0 aliphatic heterocycles. The van der Waals surface area contributed by atoms with E-state index in [1.807, 2.05) is 13.8 Å². The van der Waals surface area contributed by atoms with Crippen molar-refractivity contribution in [3.63, 3.8) is 0 Å². The molecule has 0 aliphatic carbocycles. The van der Waals surface area contributed by atoms with Crippen molar-refractivity contribution in [1.82, 2.24) is 10.3 Å². The van der Waals surface area contributed by atoms with Crippen LogP contribution in [0.15, 0.2) is 24.4 Å². The van der Waals surface area contributed by atoms with Gasteiger partial charge in [0.15, 0.2) is 0 Å². The number of carbonyl (C=O) groups excluding carboxylic acids is 1. The Morgan fingerprint density at radius 1 is 1.50 bits per heavy atom. The van der Waals surface area contributed by atoms with Gasteiger partial charge in [-0.2, -0.15) is 0 Å². The second-order valence-corrected chi connectivity index (χ2v) is 6.59. The minimum absolute atomic E-state index is 0.00846. The summed E-state index contributed by atoms with van der Waals surface area (Å²) < 4.78 is 13.3. The average Bonchev–Trinajstić information content (AvgIpc) is 2.97. The number of carbonyl (C=O) groups is 1. The van der Waals surface area contributed by atoms with Crippen LogP contribution in [0.25, 0.3) is 0 Å². The molecule has 0 radical (unpaired) electrons. The minimum Gasteiger partial charge on any atom is -0.387 e. The van der Waals surface area contributed by atoms with Crippen molar-refractivity contribution < 1.29 is 14.3 Å². The van der Waals surface area contributed by atoms with Crippen molar-refractivity contribution in [2.75, 3.05) is 6.54 Å². The van der Waals surface area contributed by atoms with E-state index in [4.69, 9.17) is 11.6 Å². The lowest BCUT2D eigenvalue weighted by Crippen LogP contribution is -2.27. The Kier molecular flexibility index (Phi) is 5.50. The first-order valence-electron chi connectivity index (χ1n) is 6.75. The molecule has 1 atom stereocenters. The molecule has 2 aromatic rings. The molecular weight excluding hydrogens is 327 g/mol. The predicted octanol–water partition coefficient (Wildman–Crippen LogP) is 3.52. The molecule has 0 saturated carbocycles. The summed E-state index contributed by atoms with van der Waals surface area (Å²) in [5.41, 5.74) is 0.356. The summed E-state index contributed by atoms with van der Waals surface area (Å²) in [6.45, 7) is 3.98. The first-order chi connectivity index (χ1) is 10.4. The normalized spacial score (nSPS) is 12.5. The van der Waals surface area contributed by atoms with Gasteiger partial charge in [-0.25, -0.2) is 9.37 Å². The topological polar surface area (TPSA) is 62.2 Å². The van der Waals surface area contributed by atoms with E-state index in [1.54, 1.807) is 0 Å². The Morgan fingerprint density at radius 3 is 2.82 bits per heavy atom. The number of amides is 1. The van der Waals surface area contributed by atoms with Crippen LogP contribution in [0.3, 0.4) is 0 Å². The number of hydrogen-bond donors (Lipinski definition) is 2. The molecule has 1 unspecified atom stereocenters. The molecule has 22 heavy (non-hydrogen) atoms. The first-order valence-corrected chi connectivity index (χ1v) is 7.95. The molecule has 7 heteroatoms. The summed E-state index contributed by atoms with van der Waals surface area (Å²) in [4.78, 5) is 16.6. The lowest BCUT2D eigenvalue weighted by molar-refractivity contribution is 0.0920. The van der Waals surface area contributed by atoms with Gasteiger partial charge in [0.25, 0.3) is 5.91 Å². The Bertz CT molecular complexity index is 675. The molecule has 0 saturated heterocycles. The Labute approximate surface area is 137 Å². The van der Waals surface area contributed by atoms with Crippen LogP contribution in [0.5, 0.6) is 0 Å². The van der Waals surface area contributed by atoms with Crippen molar-refractivity contribution in [3.8, 4) is 0 Å². The Balaban J connectivity index is 1.96. The van der Waals surface area contributed by atoms with Gasteiger partial charge in [-0.3, -0.25) is 4.79 Å². The second-order valence-electron chi connectivity index (χ2n) is 5.12. The molecule has 0 aliphatic rings. The lowest BCUT2D eigenvalue weighted by Gasteiger charge is -2.12. The number of thiazole rings is 1. The zero-order valence-corrected chi connectivity index (χ0v) is 13.7. The van der Waals surface area contributed by atoms with E-state index in [9.17, 15) is 14.3 Å². The van der Waals surface area contributed by atoms with Crippen LogP contribution in [0, 0.1) is 5.82 Å². The van der Waals surface area contributed by atoms with E-state index in [1.165, 1.54) is 29.7 Å². The first kappa shape index (κ1) is 16.9. The van der Waals surface area contributed by atoms with Gasteiger partial charge < -0.3 is 10.4 Å². The van der Waals surface area contributed by atoms with Gasteiger partial charge in [0.2, 0.25) is 0 Å². The number of rotatable bonds is 5. The molecule has 1 amide bonds. The number of nitrogens with one attached hydrogen (secondary N) is 1. The van der Waals surface area contributed by atoms with Crippen LogP contribution in [0.1, 0.15) is 46.1 Å². The van der Waals surface area contributed by atoms with E-state index in [0.717, 1.165) is 11.1 Å². The third-order valence-corrected chi connectivity index (χ3v) is 4.63. The maximum absolute atomic E-state index is 13.3. The number of aromatic nitrogens is 1. The van der Waals surface area contributed by atoms with Gasteiger partial charge in [0, 0.05) is 12.5 Å². The molecule has 0 fully saturated rings. The highest BCUT2D eigenvalue weighted by atomic mass is 35.5. The second kappa shape index (κ2) is 7.17.